The van der Waals surface area contributed by atoms with E-state index in [0.29, 0.717) is 12.1 Å². The Labute approximate surface area is 151 Å². The number of fused-ring (bicyclic) bond motifs is 3. The number of ether oxygens (including phenoxy) is 1. The van der Waals surface area contributed by atoms with Crippen LogP contribution in [0.15, 0.2) is 48.5 Å². The number of piperidine rings is 3. The molecule has 132 valence electrons. The lowest BCUT2D eigenvalue weighted by Crippen LogP contribution is -2.59. The summed E-state index contributed by atoms with van der Waals surface area (Å²) >= 11 is 0. The van der Waals surface area contributed by atoms with Gasteiger partial charge in [0.25, 0.3) is 0 Å². The molecule has 2 atom stereocenters. The van der Waals surface area contributed by atoms with Gasteiger partial charge < -0.3 is 4.74 Å². The van der Waals surface area contributed by atoms with Crippen molar-refractivity contribution in [2.75, 3.05) is 13.1 Å². The summed E-state index contributed by atoms with van der Waals surface area (Å²) in [5.41, 5.74) is 5.40. The molecule has 2 heteroatoms. The molecule has 0 radical (unpaired) electrons. The van der Waals surface area contributed by atoms with Gasteiger partial charge in [-0.3, -0.25) is 4.90 Å². The molecule has 25 heavy (non-hydrogen) atoms. The lowest BCUT2D eigenvalue weighted by Gasteiger charge is -2.50. The molecule has 0 amide bonds. The lowest BCUT2D eigenvalue weighted by atomic mass is 9.78. The second-order valence-corrected chi connectivity index (χ2v) is 7.90. The lowest BCUT2D eigenvalue weighted by molar-refractivity contribution is -0.115. The van der Waals surface area contributed by atoms with Crippen molar-refractivity contribution in [1.29, 1.82) is 0 Å². The van der Waals surface area contributed by atoms with Crippen LogP contribution in [0.5, 0.6) is 0 Å². The minimum absolute atomic E-state index is 0.364. The van der Waals surface area contributed by atoms with Crippen molar-refractivity contribution < 1.29 is 4.74 Å². The normalized spacial score (nSPS) is 28.2. The van der Waals surface area contributed by atoms with E-state index in [2.05, 4.69) is 67.3 Å². The van der Waals surface area contributed by atoms with Crippen LogP contribution in [0.1, 0.15) is 35.1 Å². The van der Waals surface area contributed by atoms with Crippen molar-refractivity contribution in [1.82, 2.24) is 4.90 Å². The van der Waals surface area contributed by atoms with E-state index in [9.17, 15) is 0 Å². The largest absolute Gasteiger partial charge is 0.372 e. The third-order valence-corrected chi connectivity index (χ3v) is 5.90. The van der Waals surface area contributed by atoms with E-state index in [1.165, 1.54) is 48.2 Å². The summed E-state index contributed by atoms with van der Waals surface area (Å²) in [5.74, 6) is 0.726. The van der Waals surface area contributed by atoms with Gasteiger partial charge in [0.2, 0.25) is 0 Å². The third-order valence-electron chi connectivity index (χ3n) is 5.90. The second kappa shape index (κ2) is 7.31. The van der Waals surface area contributed by atoms with Crippen molar-refractivity contribution in [3.8, 4) is 0 Å². The van der Waals surface area contributed by atoms with Gasteiger partial charge in [0.05, 0.1) is 12.7 Å². The van der Waals surface area contributed by atoms with Crippen molar-refractivity contribution in [2.24, 2.45) is 5.92 Å². The molecule has 3 heterocycles. The van der Waals surface area contributed by atoms with E-state index in [-0.39, 0.29) is 0 Å². The maximum atomic E-state index is 6.56. The quantitative estimate of drug-likeness (QED) is 0.796. The van der Waals surface area contributed by atoms with Gasteiger partial charge in [0.15, 0.2) is 0 Å². The van der Waals surface area contributed by atoms with E-state index < -0.39 is 0 Å². The highest BCUT2D eigenvalue weighted by atomic mass is 16.5. The Morgan fingerprint density at radius 2 is 1.60 bits per heavy atom. The summed E-state index contributed by atoms with van der Waals surface area (Å²) in [6, 6.07) is 18.2. The molecule has 3 saturated heterocycles. The first-order valence-corrected chi connectivity index (χ1v) is 9.66. The van der Waals surface area contributed by atoms with Crippen LogP contribution in [0.4, 0.5) is 0 Å². The maximum Gasteiger partial charge on any atom is 0.0767 e. The predicted molar refractivity (Wildman–Crippen MR) is 103 cm³/mol. The highest BCUT2D eigenvalue weighted by molar-refractivity contribution is 5.28. The SMILES string of the molecule is Cc1cc(C)cc(CO[C@@H]2C3CCN(CC3)[C@@H]2Cc2ccccc2)c1. The van der Waals surface area contributed by atoms with Crippen LogP contribution in [0.3, 0.4) is 0 Å². The Morgan fingerprint density at radius 1 is 0.920 bits per heavy atom. The molecule has 2 nitrogen and oxygen atoms in total. The third kappa shape index (κ3) is 3.80. The van der Waals surface area contributed by atoms with Gasteiger partial charge in [-0.1, -0.05) is 59.7 Å². The minimum Gasteiger partial charge on any atom is -0.372 e. The molecule has 0 aromatic heterocycles. The fourth-order valence-corrected chi connectivity index (χ4v) is 4.79. The number of aryl methyl sites for hydroxylation is 2. The van der Waals surface area contributed by atoms with Gasteiger partial charge in [-0.2, -0.15) is 0 Å². The first-order chi connectivity index (χ1) is 12.2. The van der Waals surface area contributed by atoms with Crippen molar-refractivity contribution >= 4 is 0 Å². The van der Waals surface area contributed by atoms with Gasteiger partial charge >= 0.3 is 0 Å². The van der Waals surface area contributed by atoms with Gasteiger partial charge in [-0.15, -0.1) is 0 Å². The molecule has 0 N–H and O–H groups in total. The molecule has 0 spiro atoms. The molecule has 3 aliphatic heterocycles. The standard InChI is InChI=1S/C23H29NO/c1-17-12-18(2)14-20(13-17)16-25-23-21-8-10-24(11-9-21)22(23)15-19-6-4-3-5-7-19/h3-7,12-14,21-23H,8-11,15-16H2,1-2H3/t22-,23-/m1/s1. The highest BCUT2D eigenvalue weighted by Gasteiger charge is 2.42. The van der Waals surface area contributed by atoms with Gasteiger partial charge in [0, 0.05) is 6.04 Å². The zero-order chi connectivity index (χ0) is 17.2. The van der Waals surface area contributed by atoms with Crippen molar-refractivity contribution in [2.45, 2.75) is 51.9 Å². The zero-order valence-corrected chi connectivity index (χ0v) is 15.4. The fourth-order valence-electron chi connectivity index (χ4n) is 4.79. The predicted octanol–water partition coefficient (Wildman–Crippen LogP) is 4.53. The van der Waals surface area contributed by atoms with Crippen molar-refractivity contribution in [3.63, 3.8) is 0 Å². The molecular formula is C23H29NO. The molecule has 5 rings (SSSR count). The second-order valence-electron chi connectivity index (χ2n) is 7.90. The molecule has 0 saturated carbocycles. The van der Waals surface area contributed by atoms with Gasteiger partial charge in [-0.25, -0.2) is 0 Å². The molecule has 2 aromatic rings. The maximum absolute atomic E-state index is 6.56. The topological polar surface area (TPSA) is 12.5 Å². The first-order valence-electron chi connectivity index (χ1n) is 9.66. The Balaban J connectivity index is 1.49. The summed E-state index contributed by atoms with van der Waals surface area (Å²) in [6.07, 6.45) is 4.06. The number of rotatable bonds is 5. The van der Waals surface area contributed by atoms with Crippen LogP contribution in [-0.2, 0) is 17.8 Å². The van der Waals surface area contributed by atoms with E-state index >= 15 is 0 Å². The van der Waals surface area contributed by atoms with Crippen LogP contribution < -0.4 is 0 Å². The van der Waals surface area contributed by atoms with Crippen LogP contribution in [0.2, 0.25) is 0 Å². The molecule has 2 bridgehead atoms. The zero-order valence-electron chi connectivity index (χ0n) is 15.4. The van der Waals surface area contributed by atoms with Crippen LogP contribution in [0, 0.1) is 19.8 Å². The Hall–Kier alpha value is -1.64. The average molecular weight is 335 g/mol. The monoisotopic (exact) mass is 335 g/mol. The van der Waals surface area contributed by atoms with Crippen LogP contribution in [-0.4, -0.2) is 30.1 Å². The highest BCUT2D eigenvalue weighted by Crippen LogP contribution is 2.36. The molecular weight excluding hydrogens is 306 g/mol. The minimum atomic E-state index is 0.364. The van der Waals surface area contributed by atoms with Crippen LogP contribution >= 0.6 is 0 Å². The average Bonchev–Trinajstić information content (AvgIpc) is 2.62. The summed E-state index contributed by atoms with van der Waals surface area (Å²) in [5, 5.41) is 0. The van der Waals surface area contributed by atoms with Crippen molar-refractivity contribution in [3.05, 3.63) is 70.8 Å². The first kappa shape index (κ1) is 16.8. The summed E-state index contributed by atoms with van der Waals surface area (Å²) < 4.78 is 6.56. The smallest absolute Gasteiger partial charge is 0.0767 e. The van der Waals surface area contributed by atoms with Crippen LogP contribution in [0.25, 0.3) is 0 Å². The van der Waals surface area contributed by atoms with E-state index in [4.69, 9.17) is 4.74 Å². The Morgan fingerprint density at radius 3 is 2.28 bits per heavy atom. The number of nitrogens with zero attached hydrogens (tertiary/aromatic N) is 1. The van der Waals surface area contributed by atoms with Gasteiger partial charge in [-0.05, 0) is 63.2 Å². The Kier molecular flexibility index (Phi) is 4.91. The molecule has 0 aliphatic carbocycles. The molecule has 3 aliphatic rings. The van der Waals surface area contributed by atoms with E-state index in [1.807, 2.05) is 0 Å². The molecule has 2 aromatic carbocycles. The number of benzene rings is 2. The summed E-state index contributed by atoms with van der Waals surface area (Å²) in [6.45, 7) is 7.56. The van der Waals surface area contributed by atoms with Gasteiger partial charge in [0.1, 0.15) is 0 Å². The molecule has 3 fully saturated rings. The Bertz CT molecular complexity index is 683. The number of hydrogen-bond donors (Lipinski definition) is 0. The summed E-state index contributed by atoms with van der Waals surface area (Å²) in [4.78, 5) is 2.67. The van der Waals surface area contributed by atoms with E-state index in [0.717, 1.165) is 18.9 Å². The van der Waals surface area contributed by atoms with E-state index in [1.54, 1.807) is 0 Å². The summed E-state index contributed by atoms with van der Waals surface area (Å²) in [7, 11) is 0. The number of hydrogen-bond acceptors (Lipinski definition) is 2. The molecule has 0 unspecified atom stereocenters. The fraction of sp³-hybridized carbons (Fsp3) is 0.478.